The Morgan fingerprint density at radius 1 is 1.08 bits per heavy atom. The molecule has 0 aliphatic carbocycles. The molecule has 1 aromatic heterocycles. The Balaban J connectivity index is 1.59. The van der Waals surface area contributed by atoms with E-state index >= 15 is 0 Å². The minimum atomic E-state index is -0.670. The fraction of sp³-hybridized carbons (Fsp3) is 0.150. The monoisotopic (exact) mass is 366 g/mol. The summed E-state index contributed by atoms with van der Waals surface area (Å²) in [5.41, 5.74) is 2.31. The smallest absolute Gasteiger partial charge is 0.265 e. The van der Waals surface area contributed by atoms with Crippen LogP contribution in [0.1, 0.15) is 24.2 Å². The number of nitrogens with one attached hydrogen (secondary N) is 1. The second-order valence-electron chi connectivity index (χ2n) is 5.74. The number of amides is 1. The maximum atomic E-state index is 12.3. The number of ether oxygens (including phenoxy) is 1. The molecule has 0 spiro atoms. The lowest BCUT2D eigenvalue weighted by Crippen LogP contribution is -2.30. The van der Waals surface area contributed by atoms with Crippen LogP contribution in [-0.4, -0.2) is 22.8 Å². The average Bonchev–Trinajstić information content (AvgIpc) is 3.17. The number of thiazole rings is 1. The summed E-state index contributed by atoms with van der Waals surface area (Å²) >= 11 is 1.57. The summed E-state index contributed by atoms with van der Waals surface area (Å²) < 4.78 is 5.63. The van der Waals surface area contributed by atoms with Crippen LogP contribution in [0, 0.1) is 0 Å². The van der Waals surface area contributed by atoms with Crippen LogP contribution in [0.25, 0.3) is 10.6 Å². The lowest BCUT2D eigenvalue weighted by atomic mass is 10.1. The van der Waals surface area contributed by atoms with Gasteiger partial charge < -0.3 is 10.1 Å². The van der Waals surface area contributed by atoms with Crippen LogP contribution in [-0.2, 0) is 4.79 Å². The van der Waals surface area contributed by atoms with Crippen molar-refractivity contribution in [2.75, 3.05) is 5.32 Å². The molecule has 1 heterocycles. The zero-order valence-electron chi connectivity index (χ0n) is 14.4. The molecule has 0 aliphatic heterocycles. The summed E-state index contributed by atoms with van der Waals surface area (Å²) in [6.07, 6.45) is 1.09. The van der Waals surface area contributed by atoms with E-state index in [1.54, 1.807) is 48.7 Å². The maximum absolute atomic E-state index is 12.3. The molecule has 0 saturated heterocycles. The fourth-order valence-corrected chi connectivity index (χ4v) is 2.98. The van der Waals surface area contributed by atoms with Crippen LogP contribution < -0.4 is 10.1 Å². The summed E-state index contributed by atoms with van der Waals surface area (Å²) in [5.74, 6) is 0.281. The number of aromatic nitrogens is 1. The van der Waals surface area contributed by atoms with Crippen molar-refractivity contribution in [1.82, 2.24) is 4.98 Å². The van der Waals surface area contributed by atoms with Gasteiger partial charge in [0.25, 0.3) is 5.91 Å². The van der Waals surface area contributed by atoms with E-state index in [4.69, 9.17) is 4.74 Å². The highest BCUT2D eigenvalue weighted by molar-refractivity contribution is 7.13. The van der Waals surface area contributed by atoms with Crippen molar-refractivity contribution < 1.29 is 14.3 Å². The highest BCUT2D eigenvalue weighted by Gasteiger charge is 2.15. The molecule has 6 heteroatoms. The molecule has 0 aliphatic rings. The molecule has 0 radical (unpaired) electrons. The lowest BCUT2D eigenvalue weighted by molar-refractivity contribution is -0.122. The Morgan fingerprint density at radius 3 is 2.35 bits per heavy atom. The van der Waals surface area contributed by atoms with Gasteiger partial charge >= 0.3 is 0 Å². The molecule has 5 nitrogen and oxygen atoms in total. The standard InChI is InChI=1S/C20H18N2O3S/c1-13(23)15-5-9-18(10-6-15)25-14(2)19(24)22-17-7-3-16(4-8-17)20-21-11-12-26-20/h3-12,14H,1-2H3,(H,22,24). The number of carbonyl (C=O) groups is 2. The van der Waals surface area contributed by atoms with Gasteiger partial charge in [-0.15, -0.1) is 11.3 Å². The van der Waals surface area contributed by atoms with E-state index in [2.05, 4.69) is 10.3 Å². The van der Waals surface area contributed by atoms with E-state index in [0.29, 0.717) is 17.0 Å². The molecule has 0 fully saturated rings. The van der Waals surface area contributed by atoms with Gasteiger partial charge in [-0.1, -0.05) is 0 Å². The average molecular weight is 366 g/mol. The van der Waals surface area contributed by atoms with Crippen LogP contribution in [0.2, 0.25) is 0 Å². The third-order valence-electron chi connectivity index (χ3n) is 3.77. The zero-order chi connectivity index (χ0) is 18.5. The minimum Gasteiger partial charge on any atom is -0.481 e. The molecule has 3 aromatic rings. The summed E-state index contributed by atoms with van der Waals surface area (Å²) in [6.45, 7) is 3.18. The molecule has 26 heavy (non-hydrogen) atoms. The van der Waals surface area contributed by atoms with Gasteiger partial charge in [0.2, 0.25) is 0 Å². The van der Waals surface area contributed by atoms with Gasteiger partial charge in [-0.05, 0) is 62.4 Å². The molecule has 2 aromatic carbocycles. The minimum absolute atomic E-state index is 0.0106. The van der Waals surface area contributed by atoms with Crippen LogP contribution in [0.5, 0.6) is 5.75 Å². The number of anilines is 1. The van der Waals surface area contributed by atoms with Crippen molar-refractivity contribution in [2.45, 2.75) is 20.0 Å². The van der Waals surface area contributed by atoms with Gasteiger partial charge in [0.1, 0.15) is 10.8 Å². The van der Waals surface area contributed by atoms with Crippen LogP contribution in [0.4, 0.5) is 5.69 Å². The highest BCUT2D eigenvalue weighted by Crippen LogP contribution is 2.23. The normalized spacial score (nSPS) is 11.6. The number of rotatable bonds is 6. The number of ketones is 1. The zero-order valence-corrected chi connectivity index (χ0v) is 15.2. The van der Waals surface area contributed by atoms with Gasteiger partial charge in [-0.2, -0.15) is 0 Å². The molecular formula is C20H18N2O3S. The van der Waals surface area contributed by atoms with Crippen LogP contribution >= 0.6 is 11.3 Å². The van der Waals surface area contributed by atoms with E-state index in [-0.39, 0.29) is 11.7 Å². The Kier molecular flexibility index (Phi) is 5.43. The number of hydrogen-bond donors (Lipinski definition) is 1. The van der Waals surface area contributed by atoms with Crippen molar-refractivity contribution in [3.05, 3.63) is 65.7 Å². The van der Waals surface area contributed by atoms with E-state index in [0.717, 1.165) is 10.6 Å². The van der Waals surface area contributed by atoms with E-state index in [1.165, 1.54) is 6.92 Å². The summed E-state index contributed by atoms with van der Waals surface area (Å²) in [7, 11) is 0. The number of benzene rings is 2. The molecule has 1 atom stereocenters. The number of carbonyl (C=O) groups excluding carboxylic acids is 2. The van der Waals surface area contributed by atoms with Crippen molar-refractivity contribution in [3.8, 4) is 16.3 Å². The van der Waals surface area contributed by atoms with Gasteiger partial charge in [-0.3, -0.25) is 9.59 Å². The second kappa shape index (κ2) is 7.93. The number of Topliss-reactive ketones (excluding diaryl/α,β-unsaturated/α-hetero) is 1. The molecule has 1 unspecified atom stereocenters. The molecule has 3 rings (SSSR count). The van der Waals surface area contributed by atoms with Gasteiger partial charge in [0.15, 0.2) is 11.9 Å². The van der Waals surface area contributed by atoms with Crippen LogP contribution in [0.3, 0.4) is 0 Å². The first-order valence-electron chi connectivity index (χ1n) is 8.11. The molecular weight excluding hydrogens is 348 g/mol. The first kappa shape index (κ1) is 17.8. The maximum Gasteiger partial charge on any atom is 0.265 e. The number of hydrogen-bond acceptors (Lipinski definition) is 5. The van der Waals surface area contributed by atoms with Crippen molar-refractivity contribution in [1.29, 1.82) is 0 Å². The van der Waals surface area contributed by atoms with Crippen LogP contribution in [0.15, 0.2) is 60.1 Å². The third-order valence-corrected chi connectivity index (χ3v) is 4.60. The Hall–Kier alpha value is -2.99. The highest BCUT2D eigenvalue weighted by atomic mass is 32.1. The van der Waals surface area contributed by atoms with Gasteiger partial charge in [-0.25, -0.2) is 4.98 Å². The van der Waals surface area contributed by atoms with Gasteiger partial charge in [0, 0.05) is 28.4 Å². The van der Waals surface area contributed by atoms with E-state index in [1.807, 2.05) is 29.6 Å². The largest absolute Gasteiger partial charge is 0.481 e. The fourth-order valence-electron chi connectivity index (χ4n) is 2.33. The molecule has 1 N–H and O–H groups in total. The van der Waals surface area contributed by atoms with E-state index in [9.17, 15) is 9.59 Å². The SMILES string of the molecule is CC(=O)c1ccc(OC(C)C(=O)Nc2ccc(-c3nccs3)cc2)cc1. The number of nitrogens with zero attached hydrogens (tertiary/aromatic N) is 1. The predicted molar refractivity (Wildman–Crippen MR) is 103 cm³/mol. The quantitative estimate of drug-likeness (QED) is 0.656. The lowest BCUT2D eigenvalue weighted by Gasteiger charge is -2.15. The Labute approximate surface area is 155 Å². The summed E-state index contributed by atoms with van der Waals surface area (Å²) in [6, 6.07) is 14.2. The molecule has 132 valence electrons. The van der Waals surface area contributed by atoms with Crippen molar-refractivity contribution in [3.63, 3.8) is 0 Å². The Bertz CT molecular complexity index is 888. The third kappa shape index (κ3) is 4.34. The first-order valence-corrected chi connectivity index (χ1v) is 8.99. The first-order chi connectivity index (χ1) is 12.5. The summed E-state index contributed by atoms with van der Waals surface area (Å²) in [5, 5.41) is 5.69. The van der Waals surface area contributed by atoms with Gasteiger partial charge in [0.05, 0.1) is 0 Å². The topological polar surface area (TPSA) is 68.3 Å². The molecule has 0 saturated carbocycles. The van der Waals surface area contributed by atoms with Crippen molar-refractivity contribution in [2.24, 2.45) is 0 Å². The molecule has 1 amide bonds. The van der Waals surface area contributed by atoms with Crippen molar-refractivity contribution >= 4 is 28.7 Å². The predicted octanol–water partition coefficient (Wildman–Crippen LogP) is 4.42. The summed E-state index contributed by atoms with van der Waals surface area (Å²) in [4.78, 5) is 27.8. The van der Waals surface area contributed by atoms with E-state index < -0.39 is 6.10 Å². The molecule has 0 bridgehead atoms. The Morgan fingerprint density at radius 2 is 1.77 bits per heavy atom. The second-order valence-corrected chi connectivity index (χ2v) is 6.64.